The summed E-state index contributed by atoms with van der Waals surface area (Å²) in [6.07, 6.45) is -1.16. The van der Waals surface area contributed by atoms with Crippen LogP contribution in [0.3, 0.4) is 0 Å². The Balaban J connectivity index is 0.00000684. The summed E-state index contributed by atoms with van der Waals surface area (Å²) in [7, 11) is -8.39. The van der Waals surface area contributed by atoms with Crippen LogP contribution >= 0.6 is 24.0 Å². The van der Waals surface area contributed by atoms with Crippen molar-refractivity contribution in [3.63, 3.8) is 0 Å². The van der Waals surface area contributed by atoms with Crippen LogP contribution in [-0.2, 0) is 39.1 Å². The van der Waals surface area contributed by atoms with Crippen LogP contribution in [0.15, 0.2) is 21.9 Å². The molecule has 1 aliphatic heterocycles. The van der Waals surface area contributed by atoms with E-state index in [-0.39, 0.29) is 41.0 Å². The van der Waals surface area contributed by atoms with E-state index in [0.717, 1.165) is 12.1 Å². The maximum absolute atomic E-state index is 12.6. The summed E-state index contributed by atoms with van der Waals surface area (Å²) in [4.78, 5) is 34.2. The van der Waals surface area contributed by atoms with Crippen LogP contribution in [0.4, 0.5) is 10.5 Å². The van der Waals surface area contributed by atoms with E-state index in [9.17, 15) is 31.2 Å². The van der Waals surface area contributed by atoms with Crippen LogP contribution in [-0.4, -0.2) is 66.8 Å². The minimum Gasteiger partial charge on any atom is -0.434 e. The molecule has 1 heterocycles. The first-order valence-corrected chi connectivity index (χ1v) is 14.2. The molecule has 2 atom stereocenters. The molecular weight excluding hydrogens is 577 g/mol. The molecule has 1 aromatic carbocycles. The Morgan fingerprint density at radius 3 is 2.49 bits per heavy atom. The summed E-state index contributed by atoms with van der Waals surface area (Å²) in [5.74, 6) is -1.21. The smallest absolute Gasteiger partial charge is 0.434 e. The van der Waals surface area contributed by atoms with Gasteiger partial charge in [0.2, 0.25) is 26.0 Å². The second-order valence-electron chi connectivity index (χ2n) is 7.68. The highest BCUT2D eigenvalue weighted by Gasteiger charge is 2.32. The van der Waals surface area contributed by atoms with Crippen molar-refractivity contribution < 1.29 is 40.7 Å². The third-order valence-electron chi connectivity index (χ3n) is 4.82. The van der Waals surface area contributed by atoms with Crippen LogP contribution in [0, 0.1) is 0 Å². The predicted molar refractivity (Wildman–Crippen MR) is 135 cm³/mol. The maximum Gasteiger partial charge on any atom is 0.516 e. The third kappa shape index (κ3) is 9.88. The molecule has 0 spiro atoms. The number of halogens is 2. The number of sulfonamides is 2. The number of esters is 1. The first kappa shape index (κ1) is 32.8. The molecule has 0 aliphatic carbocycles. The van der Waals surface area contributed by atoms with Gasteiger partial charge in [0.05, 0.1) is 29.9 Å². The number of hydrogen-bond donors (Lipinski definition) is 5. The Morgan fingerprint density at radius 2 is 1.86 bits per heavy atom. The largest absolute Gasteiger partial charge is 0.516 e. The predicted octanol–water partition coefficient (Wildman–Crippen LogP) is 0.403. The normalized spacial score (nSPS) is 16.8. The van der Waals surface area contributed by atoms with Crippen molar-refractivity contribution in [3.8, 4) is 0 Å². The minimum absolute atomic E-state index is 0. The Kier molecular flexibility index (Phi) is 12.5. The highest BCUT2D eigenvalue weighted by molar-refractivity contribution is 7.90. The lowest BCUT2D eigenvalue weighted by Crippen LogP contribution is -2.47. The summed E-state index contributed by atoms with van der Waals surface area (Å²) < 4.78 is 59.6. The van der Waals surface area contributed by atoms with Crippen LogP contribution in [0.1, 0.15) is 33.1 Å². The highest BCUT2D eigenvalue weighted by atomic mass is 35.5. The fraction of sp³-hybridized carbons (Fsp3) is 0.526. The Hall–Kier alpha value is -2.21. The molecule has 6 N–H and O–H groups in total. The molecule has 0 aromatic heterocycles. The number of rotatable bonds is 11. The lowest BCUT2D eigenvalue weighted by molar-refractivity contribution is -0.141. The molecule has 0 saturated carbocycles. The Bertz CT molecular complexity index is 1210. The quantitative estimate of drug-likeness (QED) is 0.132. The van der Waals surface area contributed by atoms with Gasteiger partial charge in [-0.2, -0.15) is 4.72 Å². The van der Waals surface area contributed by atoms with E-state index in [4.69, 9.17) is 16.7 Å². The third-order valence-corrected chi connectivity index (χ3v) is 7.71. The number of fused-ring (bicyclic) bond motifs is 1. The Labute approximate surface area is 225 Å². The summed E-state index contributed by atoms with van der Waals surface area (Å²) in [6.45, 7) is 3.91. The molecule has 1 aliphatic rings. The number of primary sulfonamides is 1. The van der Waals surface area contributed by atoms with E-state index < -0.39 is 55.2 Å². The van der Waals surface area contributed by atoms with Gasteiger partial charge >= 0.3 is 12.1 Å². The molecule has 14 nitrogen and oxygen atoms in total. The lowest BCUT2D eigenvalue weighted by atomic mass is 10.2. The standard InChI is InChI=1S/C19H28ClN5O9S2.ClH/c1-3-33-19(28)34-18(27)11(2)22-6-4-5-7-23-17(26)10-16-24-13-8-12(20)14(35(21,29)30)9-15(13)36(31,32)25-16;/h8-9,11,16,22,24-25H,3-7,10H2,1-2H3,(H,23,26)(H2,21,29,30);1H/t11?,16-;/m0./s1. The fourth-order valence-corrected chi connectivity index (χ4v) is 5.60. The zero-order chi connectivity index (χ0) is 27.1. The lowest BCUT2D eigenvalue weighted by Gasteiger charge is -2.28. The summed E-state index contributed by atoms with van der Waals surface area (Å²) in [5, 5.41) is 13.1. The fourth-order valence-electron chi connectivity index (χ4n) is 3.10. The number of carbonyl (C=O) groups is 3. The topological polar surface area (TPSA) is 212 Å². The molecule has 2 rings (SSSR count). The zero-order valence-corrected chi connectivity index (χ0v) is 23.1. The van der Waals surface area contributed by atoms with Crippen molar-refractivity contribution in [3.05, 3.63) is 17.2 Å². The molecule has 1 aromatic rings. The molecule has 37 heavy (non-hydrogen) atoms. The van der Waals surface area contributed by atoms with Crippen LogP contribution in [0.5, 0.6) is 0 Å². The molecule has 1 amide bonds. The molecule has 1 unspecified atom stereocenters. The average molecular weight is 607 g/mol. The minimum atomic E-state index is -4.25. The summed E-state index contributed by atoms with van der Waals surface area (Å²) >= 11 is 5.93. The molecule has 0 bridgehead atoms. The monoisotopic (exact) mass is 605 g/mol. The van der Waals surface area contributed by atoms with Gasteiger partial charge in [0, 0.05) is 6.54 Å². The van der Waals surface area contributed by atoms with Gasteiger partial charge in [-0.15, -0.1) is 12.4 Å². The van der Waals surface area contributed by atoms with E-state index in [0.29, 0.717) is 25.9 Å². The average Bonchev–Trinajstić information content (AvgIpc) is 2.74. The molecule has 0 saturated heterocycles. The van der Waals surface area contributed by atoms with E-state index in [2.05, 4.69) is 30.1 Å². The van der Waals surface area contributed by atoms with E-state index in [1.165, 1.54) is 6.92 Å². The van der Waals surface area contributed by atoms with Gasteiger partial charge in [-0.05, 0) is 45.4 Å². The second-order valence-corrected chi connectivity index (χ2v) is 11.3. The molecule has 18 heteroatoms. The van der Waals surface area contributed by atoms with Gasteiger partial charge in [-0.1, -0.05) is 11.6 Å². The van der Waals surface area contributed by atoms with Crippen molar-refractivity contribution in [2.24, 2.45) is 5.14 Å². The van der Waals surface area contributed by atoms with E-state index in [1.54, 1.807) is 6.92 Å². The number of ether oxygens (including phenoxy) is 2. The van der Waals surface area contributed by atoms with Gasteiger partial charge in [0.25, 0.3) is 0 Å². The second kappa shape index (κ2) is 14.1. The van der Waals surface area contributed by atoms with Gasteiger partial charge in [0.15, 0.2) is 0 Å². The number of nitrogens with two attached hydrogens (primary N) is 1. The number of unbranched alkanes of at least 4 members (excludes halogenated alkanes) is 1. The number of nitrogens with one attached hydrogen (secondary N) is 4. The highest BCUT2D eigenvalue weighted by Crippen LogP contribution is 2.33. The van der Waals surface area contributed by atoms with Gasteiger partial charge < -0.3 is 25.4 Å². The maximum atomic E-state index is 12.6. The first-order valence-electron chi connectivity index (χ1n) is 10.8. The zero-order valence-electron chi connectivity index (χ0n) is 19.9. The first-order chi connectivity index (χ1) is 16.7. The number of amides is 1. The molecule has 0 fully saturated rings. The number of benzene rings is 1. The van der Waals surface area contributed by atoms with E-state index >= 15 is 0 Å². The summed E-state index contributed by atoms with van der Waals surface area (Å²) in [5.41, 5.74) is 0.0330. The van der Waals surface area contributed by atoms with Crippen LogP contribution in [0.25, 0.3) is 0 Å². The van der Waals surface area contributed by atoms with Gasteiger partial charge in [0.1, 0.15) is 15.8 Å². The molecular formula is C19H29Cl2N5O9S2. The van der Waals surface area contributed by atoms with Crippen LogP contribution < -0.4 is 25.8 Å². The Morgan fingerprint density at radius 1 is 1.22 bits per heavy atom. The van der Waals surface area contributed by atoms with Crippen molar-refractivity contribution in [2.75, 3.05) is 25.0 Å². The van der Waals surface area contributed by atoms with E-state index in [1.807, 2.05) is 0 Å². The summed E-state index contributed by atoms with van der Waals surface area (Å²) in [6, 6.07) is 1.24. The van der Waals surface area contributed by atoms with Crippen molar-refractivity contribution in [1.82, 2.24) is 15.4 Å². The number of anilines is 1. The number of carbonyl (C=O) groups excluding carboxylic acids is 3. The van der Waals surface area contributed by atoms with Crippen molar-refractivity contribution in [1.29, 1.82) is 0 Å². The SMILES string of the molecule is CCOC(=O)OC(=O)C(C)NCCCCNC(=O)C[C@H]1Nc2cc(Cl)c(S(N)(=O)=O)cc2S(=O)(=O)N1.Cl. The van der Waals surface area contributed by atoms with Crippen LogP contribution in [0.2, 0.25) is 5.02 Å². The van der Waals surface area contributed by atoms with Gasteiger partial charge in [-0.3, -0.25) is 4.79 Å². The van der Waals surface area contributed by atoms with Gasteiger partial charge in [-0.25, -0.2) is 31.6 Å². The molecule has 0 radical (unpaired) electrons. The van der Waals surface area contributed by atoms with Crippen molar-refractivity contribution >= 4 is 67.8 Å². The van der Waals surface area contributed by atoms with Crippen molar-refractivity contribution in [2.45, 2.75) is 55.1 Å². The number of hydrogen-bond acceptors (Lipinski definition) is 11. The molecule has 210 valence electrons.